The Hall–Kier alpha value is -3.39. The minimum Gasteiger partial charge on any atom is -0.497 e. The van der Waals surface area contributed by atoms with Crippen LogP contribution in [0.1, 0.15) is 40.7 Å². The number of ether oxygens (including phenoxy) is 2. The number of hydrogen-bond acceptors (Lipinski definition) is 5. The van der Waals surface area contributed by atoms with Crippen LogP contribution in [0.5, 0.6) is 11.5 Å². The highest BCUT2D eigenvalue weighted by Crippen LogP contribution is 2.34. The maximum atomic E-state index is 14.2. The zero-order chi connectivity index (χ0) is 25.7. The largest absolute Gasteiger partial charge is 0.497 e. The fourth-order valence-electron chi connectivity index (χ4n) is 4.46. The van der Waals surface area contributed by atoms with E-state index in [1.165, 1.54) is 10.9 Å². The van der Waals surface area contributed by atoms with Gasteiger partial charge in [0.2, 0.25) is 5.91 Å². The maximum absolute atomic E-state index is 14.2. The van der Waals surface area contributed by atoms with Crippen LogP contribution in [0.4, 0.5) is 4.39 Å². The van der Waals surface area contributed by atoms with Crippen molar-refractivity contribution in [3.63, 3.8) is 0 Å². The molecule has 2 amide bonds. The first-order valence-corrected chi connectivity index (χ1v) is 12.9. The summed E-state index contributed by atoms with van der Waals surface area (Å²) in [6.07, 6.45) is 0.739. The van der Waals surface area contributed by atoms with Crippen molar-refractivity contribution in [2.75, 3.05) is 33.4 Å². The SMILES string of the molecule is COc1cccc(C(=O)N(CC(=O)N2CCc3sccc3C2COc2ccccc2F)CC(C)C)c1. The highest BCUT2D eigenvalue weighted by Gasteiger charge is 2.34. The van der Waals surface area contributed by atoms with Gasteiger partial charge in [0.1, 0.15) is 18.9 Å². The molecule has 0 spiro atoms. The first-order chi connectivity index (χ1) is 17.4. The number of thiophene rings is 1. The first-order valence-electron chi connectivity index (χ1n) is 12.0. The van der Waals surface area contributed by atoms with Gasteiger partial charge >= 0.3 is 0 Å². The molecular weight excluding hydrogens is 479 g/mol. The molecule has 0 aliphatic carbocycles. The van der Waals surface area contributed by atoms with Crippen molar-refractivity contribution in [2.24, 2.45) is 5.92 Å². The molecule has 8 heteroatoms. The second kappa shape index (κ2) is 11.6. The van der Waals surface area contributed by atoms with E-state index in [-0.39, 0.29) is 42.7 Å². The van der Waals surface area contributed by atoms with Crippen LogP contribution in [0.15, 0.2) is 60.0 Å². The lowest BCUT2D eigenvalue weighted by atomic mass is 10.00. The van der Waals surface area contributed by atoms with Gasteiger partial charge < -0.3 is 19.3 Å². The summed E-state index contributed by atoms with van der Waals surface area (Å²) >= 11 is 1.65. The third-order valence-corrected chi connectivity index (χ3v) is 7.16. The van der Waals surface area contributed by atoms with E-state index in [1.54, 1.807) is 70.7 Å². The fraction of sp³-hybridized carbons (Fsp3) is 0.357. The Morgan fingerprint density at radius 3 is 2.72 bits per heavy atom. The van der Waals surface area contributed by atoms with Crippen LogP contribution in [-0.4, -0.2) is 55.0 Å². The van der Waals surface area contributed by atoms with Crippen molar-refractivity contribution in [1.82, 2.24) is 9.80 Å². The number of rotatable bonds is 9. The van der Waals surface area contributed by atoms with Crippen molar-refractivity contribution >= 4 is 23.2 Å². The predicted octanol–water partition coefficient (Wildman–Crippen LogP) is 5.20. The van der Waals surface area contributed by atoms with Gasteiger partial charge in [0.15, 0.2) is 11.6 Å². The zero-order valence-corrected chi connectivity index (χ0v) is 21.6. The minimum atomic E-state index is -0.441. The molecular formula is C28H31FN2O4S. The molecule has 1 aromatic heterocycles. The normalized spacial score (nSPS) is 14.9. The van der Waals surface area contributed by atoms with Gasteiger partial charge in [0.05, 0.1) is 13.2 Å². The number of carbonyl (C=O) groups excluding carboxylic acids is 2. The summed E-state index contributed by atoms with van der Waals surface area (Å²) in [5, 5.41) is 2.01. The minimum absolute atomic E-state index is 0.0517. The zero-order valence-electron chi connectivity index (χ0n) is 20.8. The van der Waals surface area contributed by atoms with Crippen LogP contribution in [0.2, 0.25) is 0 Å². The Morgan fingerprint density at radius 1 is 1.17 bits per heavy atom. The van der Waals surface area contributed by atoms with E-state index >= 15 is 0 Å². The lowest BCUT2D eigenvalue weighted by molar-refractivity contribution is -0.135. The number of methoxy groups -OCH3 is 1. The average Bonchev–Trinajstić information content (AvgIpc) is 3.36. The van der Waals surface area contributed by atoms with Gasteiger partial charge in [-0.3, -0.25) is 9.59 Å². The van der Waals surface area contributed by atoms with Crippen molar-refractivity contribution in [3.05, 3.63) is 81.8 Å². The Kier molecular flexibility index (Phi) is 8.25. The molecule has 2 aromatic carbocycles. The molecule has 3 aromatic rings. The number of carbonyl (C=O) groups is 2. The van der Waals surface area contributed by atoms with Crippen molar-refractivity contribution in [2.45, 2.75) is 26.3 Å². The molecule has 36 heavy (non-hydrogen) atoms. The standard InChI is InChI=1S/C28H31FN2O4S/c1-19(2)16-30(28(33)20-7-6-8-21(15-20)34-3)17-27(32)31-13-11-26-22(12-14-36-26)24(31)18-35-25-10-5-4-9-23(25)29/h4-10,12,14-15,19,24H,11,13,16-18H2,1-3H3. The van der Waals surface area contributed by atoms with Gasteiger partial charge in [-0.25, -0.2) is 4.39 Å². The summed E-state index contributed by atoms with van der Waals surface area (Å²) in [5.74, 6) is 0.0975. The topological polar surface area (TPSA) is 59.1 Å². The van der Waals surface area contributed by atoms with Crippen molar-refractivity contribution in [3.8, 4) is 11.5 Å². The molecule has 0 saturated carbocycles. The summed E-state index contributed by atoms with van der Waals surface area (Å²) in [7, 11) is 1.55. The van der Waals surface area contributed by atoms with Crippen LogP contribution in [0.3, 0.4) is 0 Å². The molecule has 0 saturated heterocycles. The van der Waals surface area contributed by atoms with E-state index in [2.05, 4.69) is 0 Å². The summed E-state index contributed by atoms with van der Waals surface area (Å²) in [6.45, 7) is 5.06. The van der Waals surface area contributed by atoms with Gasteiger partial charge in [0.25, 0.3) is 5.91 Å². The second-order valence-electron chi connectivity index (χ2n) is 9.20. The lowest BCUT2D eigenvalue weighted by Gasteiger charge is -2.37. The molecule has 1 aliphatic heterocycles. The number of benzene rings is 2. The average molecular weight is 511 g/mol. The molecule has 190 valence electrons. The van der Waals surface area contributed by atoms with E-state index in [1.807, 2.05) is 25.3 Å². The number of nitrogens with zero attached hydrogens (tertiary/aromatic N) is 2. The molecule has 2 heterocycles. The Morgan fingerprint density at radius 2 is 1.97 bits per heavy atom. The molecule has 0 radical (unpaired) electrons. The van der Waals surface area contributed by atoms with Gasteiger partial charge in [-0.15, -0.1) is 11.3 Å². The maximum Gasteiger partial charge on any atom is 0.254 e. The molecule has 1 aliphatic rings. The van der Waals surface area contributed by atoms with E-state index in [9.17, 15) is 14.0 Å². The highest BCUT2D eigenvalue weighted by molar-refractivity contribution is 7.10. The summed E-state index contributed by atoms with van der Waals surface area (Å²) in [5.41, 5.74) is 1.49. The van der Waals surface area contributed by atoms with E-state index in [0.717, 1.165) is 12.0 Å². The molecule has 1 atom stereocenters. The first kappa shape index (κ1) is 25.7. The highest BCUT2D eigenvalue weighted by atomic mass is 32.1. The van der Waals surface area contributed by atoms with Gasteiger partial charge in [0, 0.05) is 23.5 Å². The Labute approximate surface area is 215 Å². The number of para-hydroxylation sites is 1. The Bertz CT molecular complexity index is 1210. The van der Waals surface area contributed by atoms with Crippen LogP contribution >= 0.6 is 11.3 Å². The van der Waals surface area contributed by atoms with Crippen LogP contribution < -0.4 is 9.47 Å². The van der Waals surface area contributed by atoms with E-state index in [0.29, 0.717) is 24.4 Å². The second-order valence-corrected chi connectivity index (χ2v) is 10.2. The summed E-state index contributed by atoms with van der Waals surface area (Å²) < 4.78 is 25.3. The number of amides is 2. The molecule has 4 rings (SSSR count). The third-order valence-electron chi connectivity index (χ3n) is 6.16. The number of fused-ring (bicyclic) bond motifs is 1. The molecule has 0 N–H and O–H groups in total. The molecule has 1 unspecified atom stereocenters. The molecule has 0 fully saturated rings. The predicted molar refractivity (Wildman–Crippen MR) is 138 cm³/mol. The Balaban J connectivity index is 1.55. The number of hydrogen-bond donors (Lipinski definition) is 0. The monoisotopic (exact) mass is 510 g/mol. The van der Waals surface area contributed by atoms with Crippen LogP contribution in [-0.2, 0) is 11.2 Å². The van der Waals surface area contributed by atoms with Crippen molar-refractivity contribution in [1.29, 1.82) is 0 Å². The molecule has 6 nitrogen and oxygen atoms in total. The summed E-state index contributed by atoms with van der Waals surface area (Å²) in [4.78, 5) is 31.6. The van der Waals surface area contributed by atoms with E-state index in [4.69, 9.17) is 9.47 Å². The molecule has 0 bridgehead atoms. The van der Waals surface area contributed by atoms with Crippen molar-refractivity contribution < 1.29 is 23.5 Å². The lowest BCUT2D eigenvalue weighted by Crippen LogP contribution is -2.48. The van der Waals surface area contributed by atoms with E-state index < -0.39 is 5.82 Å². The van der Waals surface area contributed by atoms with Crippen LogP contribution in [0.25, 0.3) is 0 Å². The fourth-order valence-corrected chi connectivity index (χ4v) is 5.39. The van der Waals surface area contributed by atoms with Gasteiger partial charge in [-0.2, -0.15) is 0 Å². The smallest absolute Gasteiger partial charge is 0.254 e. The van der Waals surface area contributed by atoms with Gasteiger partial charge in [-0.1, -0.05) is 32.0 Å². The summed E-state index contributed by atoms with van der Waals surface area (Å²) in [6, 6.07) is 14.9. The number of halogens is 1. The quantitative estimate of drug-likeness (QED) is 0.397. The van der Waals surface area contributed by atoms with Gasteiger partial charge in [-0.05, 0) is 59.7 Å². The third kappa shape index (κ3) is 5.87. The van der Waals surface area contributed by atoms with Crippen LogP contribution in [0, 0.1) is 11.7 Å².